The van der Waals surface area contributed by atoms with E-state index in [9.17, 15) is 14.3 Å². The number of hydrogen-bond donors (Lipinski definition) is 2. The molecule has 0 saturated carbocycles. The number of hydrogen-bond acceptors (Lipinski definition) is 6. The van der Waals surface area contributed by atoms with Crippen molar-refractivity contribution in [3.05, 3.63) is 77.5 Å². The van der Waals surface area contributed by atoms with Crippen LogP contribution in [-0.4, -0.2) is 52.9 Å². The Bertz CT molecular complexity index is 1380. The van der Waals surface area contributed by atoms with E-state index in [4.69, 9.17) is 0 Å². The average molecular weight is 496 g/mol. The van der Waals surface area contributed by atoms with E-state index in [2.05, 4.69) is 32.3 Å². The maximum absolute atomic E-state index is 13.5. The number of benzene rings is 2. The van der Waals surface area contributed by atoms with Crippen molar-refractivity contribution in [2.45, 2.75) is 23.5 Å². The number of carbonyl (C=O) groups is 1. The van der Waals surface area contributed by atoms with Gasteiger partial charge < -0.3 is 14.7 Å². The molecule has 1 unspecified atom stereocenters. The number of carboxylic acids is 1. The number of fused-ring (bicyclic) bond motifs is 1. The minimum atomic E-state index is -1.25. The van der Waals surface area contributed by atoms with Crippen LogP contribution in [0, 0.1) is 5.82 Å². The van der Waals surface area contributed by atoms with Crippen molar-refractivity contribution in [1.29, 1.82) is 0 Å². The quantitative estimate of drug-likeness (QED) is 0.353. The Hall–Kier alpha value is -3.11. The van der Waals surface area contributed by atoms with Gasteiger partial charge in [0, 0.05) is 42.6 Å². The van der Waals surface area contributed by atoms with Crippen molar-refractivity contribution in [1.82, 2.24) is 19.7 Å². The van der Waals surface area contributed by atoms with Gasteiger partial charge in [-0.15, -0.1) is 22.0 Å². The van der Waals surface area contributed by atoms with Gasteiger partial charge in [-0.3, -0.25) is 4.99 Å². The first kappa shape index (κ1) is 22.7. The molecule has 174 valence electrons. The number of rotatable bonds is 8. The lowest BCUT2D eigenvalue weighted by atomic mass is 9.96. The van der Waals surface area contributed by atoms with Crippen LogP contribution < -0.4 is 0 Å². The molecular weight excluding hydrogens is 473 g/mol. The first-order valence-corrected chi connectivity index (χ1v) is 12.7. The molecule has 34 heavy (non-hydrogen) atoms. The van der Waals surface area contributed by atoms with Crippen LogP contribution in [0.4, 0.5) is 4.39 Å². The van der Waals surface area contributed by atoms with Crippen LogP contribution in [0.1, 0.15) is 17.1 Å². The van der Waals surface area contributed by atoms with Gasteiger partial charge in [0.1, 0.15) is 11.6 Å². The Morgan fingerprint density at radius 3 is 2.85 bits per heavy atom. The number of aromatic nitrogens is 4. The molecule has 0 fully saturated rings. The third-order valence-corrected chi connectivity index (χ3v) is 8.20. The molecule has 2 aromatic heterocycles. The summed E-state index contributed by atoms with van der Waals surface area (Å²) in [4.78, 5) is 20.0. The SMILES string of the molecule is Cn1c(Cc2ccccc2)nnc1SCC1=NC(Cc2cc3ccc(F)cc3[nH]2)(C(=O)O)CS1. The van der Waals surface area contributed by atoms with Gasteiger partial charge in [-0.05, 0) is 35.2 Å². The predicted molar refractivity (Wildman–Crippen MR) is 133 cm³/mol. The van der Waals surface area contributed by atoms with Gasteiger partial charge in [-0.1, -0.05) is 42.1 Å². The number of nitrogens with zero attached hydrogens (tertiary/aromatic N) is 4. The van der Waals surface area contributed by atoms with E-state index in [1.54, 1.807) is 6.07 Å². The molecule has 1 aliphatic heterocycles. The molecule has 0 amide bonds. The van der Waals surface area contributed by atoms with Crippen molar-refractivity contribution >= 4 is 45.4 Å². The van der Waals surface area contributed by atoms with Crippen molar-refractivity contribution < 1.29 is 14.3 Å². The predicted octanol–water partition coefficient (Wildman–Crippen LogP) is 4.33. The first-order chi connectivity index (χ1) is 16.4. The number of halogens is 1. The maximum Gasteiger partial charge on any atom is 0.332 e. The Labute approximate surface area is 203 Å². The third-order valence-electron chi connectivity index (χ3n) is 5.79. The monoisotopic (exact) mass is 495 g/mol. The summed E-state index contributed by atoms with van der Waals surface area (Å²) < 4.78 is 15.5. The summed E-state index contributed by atoms with van der Waals surface area (Å²) >= 11 is 2.95. The van der Waals surface area contributed by atoms with Gasteiger partial charge >= 0.3 is 5.97 Å². The molecule has 3 heterocycles. The number of aromatic amines is 1. The van der Waals surface area contributed by atoms with Crippen LogP contribution >= 0.6 is 23.5 Å². The topological polar surface area (TPSA) is 96.2 Å². The molecular formula is C24H22FN5O2S2. The second-order valence-corrected chi connectivity index (χ2v) is 10.2. The van der Waals surface area contributed by atoms with E-state index >= 15 is 0 Å². The third kappa shape index (κ3) is 4.60. The summed E-state index contributed by atoms with van der Waals surface area (Å²) in [6.07, 6.45) is 0.905. The average Bonchev–Trinajstić information content (AvgIpc) is 3.51. The minimum absolute atomic E-state index is 0.213. The zero-order valence-electron chi connectivity index (χ0n) is 18.4. The lowest BCUT2D eigenvalue weighted by molar-refractivity contribution is -0.142. The van der Waals surface area contributed by atoms with Gasteiger partial charge in [0.05, 0.1) is 5.04 Å². The van der Waals surface area contributed by atoms with Crippen LogP contribution in [0.2, 0.25) is 0 Å². The highest BCUT2D eigenvalue weighted by molar-refractivity contribution is 8.16. The van der Waals surface area contributed by atoms with E-state index in [1.165, 1.54) is 35.7 Å². The number of thioether (sulfide) groups is 2. The van der Waals surface area contributed by atoms with E-state index in [-0.39, 0.29) is 12.2 Å². The minimum Gasteiger partial charge on any atom is -0.479 e. The van der Waals surface area contributed by atoms with Gasteiger partial charge in [0.15, 0.2) is 10.7 Å². The first-order valence-electron chi connectivity index (χ1n) is 10.7. The van der Waals surface area contributed by atoms with Crippen molar-refractivity contribution in [2.75, 3.05) is 11.5 Å². The van der Waals surface area contributed by atoms with Crippen molar-refractivity contribution in [3.8, 4) is 0 Å². The van der Waals surface area contributed by atoms with E-state index in [0.717, 1.165) is 32.7 Å². The number of H-pyrrole nitrogens is 1. The molecule has 1 aliphatic rings. The van der Waals surface area contributed by atoms with Crippen LogP contribution in [0.3, 0.4) is 0 Å². The maximum atomic E-state index is 13.5. The number of aliphatic imine (C=N–C) groups is 1. The molecule has 0 bridgehead atoms. The summed E-state index contributed by atoms with van der Waals surface area (Å²) in [5.41, 5.74) is 1.28. The van der Waals surface area contributed by atoms with Gasteiger partial charge in [-0.2, -0.15) is 0 Å². The lowest BCUT2D eigenvalue weighted by Crippen LogP contribution is -2.39. The molecule has 10 heteroatoms. The Balaban J connectivity index is 1.29. The number of nitrogens with one attached hydrogen (secondary N) is 1. The summed E-state index contributed by atoms with van der Waals surface area (Å²) in [6, 6.07) is 16.4. The van der Waals surface area contributed by atoms with E-state index < -0.39 is 11.5 Å². The van der Waals surface area contributed by atoms with Gasteiger partial charge in [0.2, 0.25) is 0 Å². The summed E-state index contributed by atoms with van der Waals surface area (Å²) in [7, 11) is 1.94. The van der Waals surface area contributed by atoms with Crippen molar-refractivity contribution in [3.63, 3.8) is 0 Å². The summed E-state index contributed by atoms with van der Waals surface area (Å²) in [6.45, 7) is 0. The molecule has 2 aromatic carbocycles. The Morgan fingerprint density at radius 1 is 1.24 bits per heavy atom. The molecule has 2 N–H and O–H groups in total. The zero-order valence-corrected chi connectivity index (χ0v) is 20.0. The van der Waals surface area contributed by atoms with Crippen LogP contribution in [0.5, 0.6) is 0 Å². The smallest absolute Gasteiger partial charge is 0.332 e. The highest BCUT2D eigenvalue weighted by atomic mass is 32.2. The molecule has 0 saturated heterocycles. The summed E-state index contributed by atoms with van der Waals surface area (Å²) in [5.74, 6) is 0.436. The molecule has 0 aliphatic carbocycles. The highest BCUT2D eigenvalue weighted by Gasteiger charge is 2.43. The molecule has 0 radical (unpaired) electrons. The van der Waals surface area contributed by atoms with Crippen molar-refractivity contribution in [2.24, 2.45) is 12.0 Å². The molecule has 4 aromatic rings. The fourth-order valence-corrected chi connectivity index (χ4v) is 6.11. The zero-order chi connectivity index (χ0) is 23.7. The fourth-order valence-electron chi connectivity index (χ4n) is 3.95. The van der Waals surface area contributed by atoms with Gasteiger partial charge in [0.25, 0.3) is 0 Å². The largest absolute Gasteiger partial charge is 0.479 e. The standard InChI is InChI=1S/C24H22FN5O2S2/c1-30-20(9-15-5-3-2-4-6-15)28-29-23(30)33-13-21-27-24(14-34-21,22(31)32)12-18-10-16-7-8-17(25)11-19(16)26-18/h2-8,10-11,26H,9,12-14H2,1H3,(H,31,32). The van der Waals surface area contributed by atoms with Crippen LogP contribution in [-0.2, 0) is 24.7 Å². The Kier molecular flexibility index (Phi) is 6.18. The normalized spacial score (nSPS) is 17.9. The van der Waals surface area contributed by atoms with Crippen LogP contribution in [0.15, 0.2) is 64.7 Å². The Morgan fingerprint density at radius 2 is 2.06 bits per heavy atom. The van der Waals surface area contributed by atoms with E-state index in [1.807, 2.05) is 35.9 Å². The molecule has 1 atom stereocenters. The highest BCUT2D eigenvalue weighted by Crippen LogP contribution is 2.34. The van der Waals surface area contributed by atoms with Gasteiger partial charge in [-0.25, -0.2) is 9.18 Å². The van der Waals surface area contributed by atoms with E-state index in [0.29, 0.717) is 23.4 Å². The number of carboxylic acid groups (broad SMARTS) is 1. The molecule has 5 rings (SSSR count). The molecule has 0 spiro atoms. The molecule has 7 nitrogen and oxygen atoms in total. The lowest BCUT2D eigenvalue weighted by Gasteiger charge is -2.19. The van der Waals surface area contributed by atoms with Crippen LogP contribution in [0.25, 0.3) is 10.9 Å². The second kappa shape index (κ2) is 9.27. The number of aliphatic carboxylic acids is 1. The fraction of sp³-hybridized carbons (Fsp3) is 0.250. The second-order valence-electron chi connectivity index (χ2n) is 8.24. The summed E-state index contributed by atoms with van der Waals surface area (Å²) in [5, 5.41) is 21.0.